The molecule has 7 nitrogen and oxygen atoms in total. The summed E-state index contributed by atoms with van der Waals surface area (Å²) in [5.74, 6) is -0.638. The Balaban J connectivity index is 2.29. The first-order valence-corrected chi connectivity index (χ1v) is 5.30. The molecule has 1 aliphatic heterocycles. The molecule has 94 valence electrons. The molecule has 0 aliphatic carbocycles. The Morgan fingerprint density at radius 2 is 2.47 bits per heavy atom. The highest BCUT2D eigenvalue weighted by Gasteiger charge is 2.47. The topological polar surface area (TPSA) is 90.4 Å². The molecular weight excluding hydrogens is 257 g/mol. The number of nitrogens with zero attached hydrogens (tertiary/aromatic N) is 3. The Hall–Kier alpha value is -1.25. The molecule has 0 spiro atoms. The Morgan fingerprint density at radius 3 is 3.00 bits per heavy atom. The Bertz CT molecular complexity index is 429. The van der Waals surface area contributed by atoms with Gasteiger partial charge in [-0.25, -0.2) is 4.39 Å². The maximum atomic E-state index is 13.7. The summed E-state index contributed by atoms with van der Waals surface area (Å²) in [4.78, 5) is 13.4. The van der Waals surface area contributed by atoms with Crippen molar-refractivity contribution in [3.8, 4) is 0 Å². The molecule has 1 aromatic heterocycles. The zero-order valence-corrected chi connectivity index (χ0v) is 9.20. The van der Waals surface area contributed by atoms with Crippen molar-refractivity contribution in [2.45, 2.75) is 24.6 Å². The molecule has 1 unspecified atom stereocenters. The number of halogens is 2. The van der Waals surface area contributed by atoms with Crippen LogP contribution >= 0.6 is 11.6 Å². The Morgan fingerprint density at radius 1 is 1.76 bits per heavy atom. The monoisotopic (exact) mass is 265 g/mol. The molecule has 0 saturated carbocycles. The van der Waals surface area contributed by atoms with E-state index in [0.717, 1.165) is 10.8 Å². The van der Waals surface area contributed by atoms with E-state index in [-0.39, 0.29) is 5.88 Å². The van der Waals surface area contributed by atoms with Crippen molar-refractivity contribution in [3.05, 3.63) is 22.5 Å². The normalized spacial score (nSPS) is 32.9. The molecule has 2 heterocycles. The van der Waals surface area contributed by atoms with Gasteiger partial charge in [0, 0.05) is 0 Å². The van der Waals surface area contributed by atoms with Gasteiger partial charge in [0.2, 0.25) is 6.23 Å². The van der Waals surface area contributed by atoms with E-state index < -0.39 is 35.5 Å². The number of imidazole rings is 1. The minimum atomic E-state index is -1.79. The quantitative estimate of drug-likeness (QED) is 0.492. The molecule has 1 aliphatic rings. The van der Waals surface area contributed by atoms with Crippen LogP contribution in [0.1, 0.15) is 6.23 Å². The molecular formula is C8H9ClFN3O4. The summed E-state index contributed by atoms with van der Waals surface area (Å²) in [5.41, 5.74) is 0. The molecule has 2 rings (SSSR count). The van der Waals surface area contributed by atoms with Gasteiger partial charge in [0.25, 0.3) is 0 Å². The minimum absolute atomic E-state index is 0.0966. The summed E-state index contributed by atoms with van der Waals surface area (Å²) in [6.45, 7) is 0. The fourth-order valence-corrected chi connectivity index (χ4v) is 1.96. The third-order valence-corrected chi connectivity index (χ3v) is 2.84. The first kappa shape index (κ1) is 12.2. The molecule has 17 heavy (non-hydrogen) atoms. The summed E-state index contributed by atoms with van der Waals surface area (Å²) in [5, 5.41) is 20.1. The van der Waals surface area contributed by atoms with Crippen LogP contribution in [0.2, 0.25) is 0 Å². The van der Waals surface area contributed by atoms with Gasteiger partial charge in [0.1, 0.15) is 24.6 Å². The van der Waals surface area contributed by atoms with E-state index in [9.17, 15) is 19.6 Å². The summed E-state index contributed by atoms with van der Waals surface area (Å²) < 4.78 is 19.8. The van der Waals surface area contributed by atoms with Crippen molar-refractivity contribution >= 4 is 17.5 Å². The number of hydrogen-bond donors (Lipinski definition) is 1. The van der Waals surface area contributed by atoms with Gasteiger partial charge < -0.3 is 20.0 Å². The zero-order chi connectivity index (χ0) is 12.6. The van der Waals surface area contributed by atoms with Gasteiger partial charge in [0.05, 0.1) is 5.88 Å². The number of nitro groups is 1. The highest BCUT2D eigenvalue weighted by atomic mass is 35.5. The molecule has 1 N–H and O–H groups in total. The number of aromatic nitrogens is 2. The maximum absolute atomic E-state index is 13.7. The number of hydrogen-bond acceptors (Lipinski definition) is 5. The highest BCUT2D eigenvalue weighted by molar-refractivity contribution is 6.18. The van der Waals surface area contributed by atoms with Gasteiger partial charge >= 0.3 is 5.95 Å². The average molecular weight is 266 g/mol. The molecule has 4 atom stereocenters. The lowest BCUT2D eigenvalue weighted by molar-refractivity contribution is -0.398. The van der Waals surface area contributed by atoms with E-state index in [2.05, 4.69) is 4.98 Å². The van der Waals surface area contributed by atoms with Crippen LogP contribution in [-0.2, 0) is 4.74 Å². The van der Waals surface area contributed by atoms with Gasteiger partial charge in [-0.3, -0.25) is 0 Å². The van der Waals surface area contributed by atoms with E-state index in [1.165, 1.54) is 6.20 Å². The van der Waals surface area contributed by atoms with Crippen LogP contribution in [0, 0.1) is 10.1 Å². The standard InChI is InChI=1S/C8H9ClFN3O4/c9-3-4-6(14)5(10)7(17-4)12-2-1-11-8(12)13(15)16/h1-2,4-7,14H,3H2/t4-,5+,6-,7?/m1/s1. The second-order valence-electron chi connectivity index (χ2n) is 3.55. The average Bonchev–Trinajstić information content (AvgIpc) is 2.86. The summed E-state index contributed by atoms with van der Waals surface area (Å²) >= 11 is 5.49. The van der Waals surface area contributed by atoms with Crippen LogP contribution in [0.4, 0.5) is 10.3 Å². The Kier molecular flexibility index (Phi) is 3.27. The SMILES string of the molecule is O=[N+]([O-])c1nccn1C1O[C@H](CCl)[C@@H](O)[C@@H]1F. The van der Waals surface area contributed by atoms with Crippen molar-refractivity contribution in [3.63, 3.8) is 0 Å². The summed E-state index contributed by atoms with van der Waals surface area (Å²) in [7, 11) is 0. The molecule has 0 amide bonds. The van der Waals surface area contributed by atoms with Crippen molar-refractivity contribution in [2.75, 3.05) is 5.88 Å². The lowest BCUT2D eigenvalue weighted by Crippen LogP contribution is -2.29. The highest BCUT2D eigenvalue weighted by Crippen LogP contribution is 2.34. The van der Waals surface area contributed by atoms with Crippen molar-refractivity contribution in [1.82, 2.24) is 9.55 Å². The zero-order valence-electron chi connectivity index (χ0n) is 8.44. The number of rotatable bonds is 3. The number of aliphatic hydroxyl groups excluding tert-OH is 1. The van der Waals surface area contributed by atoms with Crippen molar-refractivity contribution in [1.29, 1.82) is 0 Å². The smallest absolute Gasteiger partial charge is 0.390 e. The van der Waals surface area contributed by atoms with E-state index in [1.54, 1.807) is 0 Å². The second kappa shape index (κ2) is 4.55. The predicted octanol–water partition coefficient (Wildman–Crippen LogP) is 0.626. The van der Waals surface area contributed by atoms with Crippen LogP contribution in [0.25, 0.3) is 0 Å². The molecule has 1 aromatic rings. The minimum Gasteiger partial charge on any atom is -0.390 e. The van der Waals surface area contributed by atoms with Gasteiger partial charge in [-0.2, -0.15) is 4.57 Å². The molecule has 9 heteroatoms. The lowest BCUT2D eigenvalue weighted by Gasteiger charge is -2.11. The van der Waals surface area contributed by atoms with Crippen LogP contribution in [0.15, 0.2) is 12.4 Å². The maximum Gasteiger partial charge on any atom is 0.436 e. The van der Waals surface area contributed by atoms with Crippen LogP contribution in [-0.4, -0.2) is 43.8 Å². The van der Waals surface area contributed by atoms with Crippen molar-refractivity contribution in [2.24, 2.45) is 0 Å². The largest absolute Gasteiger partial charge is 0.436 e. The predicted molar refractivity (Wildman–Crippen MR) is 54.4 cm³/mol. The van der Waals surface area contributed by atoms with Crippen LogP contribution in [0.5, 0.6) is 0 Å². The van der Waals surface area contributed by atoms with E-state index in [1.807, 2.05) is 0 Å². The molecule has 1 fully saturated rings. The van der Waals surface area contributed by atoms with Gasteiger partial charge in [0.15, 0.2) is 6.17 Å². The first-order valence-electron chi connectivity index (χ1n) is 4.77. The summed E-state index contributed by atoms with van der Waals surface area (Å²) in [6.07, 6.45) is -2.98. The van der Waals surface area contributed by atoms with E-state index in [0.29, 0.717) is 0 Å². The lowest BCUT2D eigenvalue weighted by atomic mass is 10.2. The van der Waals surface area contributed by atoms with E-state index >= 15 is 0 Å². The first-order chi connectivity index (χ1) is 8.06. The fourth-order valence-electron chi connectivity index (χ4n) is 1.70. The second-order valence-corrected chi connectivity index (χ2v) is 3.85. The van der Waals surface area contributed by atoms with Gasteiger partial charge in [-0.1, -0.05) is 4.98 Å². The van der Waals surface area contributed by atoms with Gasteiger partial charge in [-0.05, 0) is 4.92 Å². The molecule has 0 bridgehead atoms. The van der Waals surface area contributed by atoms with Crippen LogP contribution < -0.4 is 0 Å². The number of ether oxygens (including phenoxy) is 1. The van der Waals surface area contributed by atoms with Crippen molar-refractivity contribution < 1.29 is 19.2 Å². The van der Waals surface area contributed by atoms with Gasteiger partial charge in [-0.15, -0.1) is 11.6 Å². The fraction of sp³-hybridized carbons (Fsp3) is 0.625. The third-order valence-electron chi connectivity index (χ3n) is 2.53. The van der Waals surface area contributed by atoms with E-state index in [4.69, 9.17) is 16.3 Å². The molecule has 1 saturated heterocycles. The molecule has 0 radical (unpaired) electrons. The summed E-state index contributed by atoms with van der Waals surface area (Å²) in [6, 6.07) is 0. The van der Waals surface area contributed by atoms with Crippen LogP contribution in [0.3, 0.4) is 0 Å². The third kappa shape index (κ3) is 1.99. The Labute approximate surface area is 99.9 Å². The number of aliphatic hydroxyl groups is 1. The molecule has 0 aromatic carbocycles. The number of alkyl halides is 2.